The number of sulfonamides is 2. The quantitative estimate of drug-likeness (QED) is 0.607. The Morgan fingerprint density at radius 1 is 1.12 bits per heavy atom. The predicted molar refractivity (Wildman–Crippen MR) is 99.2 cm³/mol. The number of carbonyl (C=O) groups is 1. The molecular formula is C14H23ClN4O5S2. The second-order valence-corrected chi connectivity index (χ2v) is 9.50. The average molecular weight is 427 g/mol. The normalized spacial score (nSPS) is 15.6. The largest absolute Gasteiger partial charge is 0.339 e. The number of benzene rings is 1. The van der Waals surface area contributed by atoms with Gasteiger partial charge in [0, 0.05) is 33.2 Å². The standard InChI is InChI=1S/C14H22N4O5S2.ClH/c1-15-24(20,21)12-3-5-13(6-4-12)25(22,23)17(2)11-14(19)18-9-7-16-8-10-18;/h3-6,15-16H,7-11H2,1-2H3;1H. The van der Waals surface area contributed by atoms with Gasteiger partial charge in [0.15, 0.2) is 0 Å². The van der Waals surface area contributed by atoms with Crippen molar-refractivity contribution >= 4 is 38.4 Å². The fourth-order valence-electron chi connectivity index (χ4n) is 2.38. The molecule has 2 N–H and O–H groups in total. The van der Waals surface area contributed by atoms with Crippen LogP contribution in [0.4, 0.5) is 0 Å². The molecule has 1 aliphatic heterocycles. The zero-order valence-electron chi connectivity index (χ0n) is 14.5. The molecule has 0 radical (unpaired) electrons. The van der Waals surface area contributed by atoms with Crippen LogP contribution in [-0.4, -0.2) is 78.8 Å². The SMILES string of the molecule is CNS(=O)(=O)c1ccc(S(=O)(=O)N(C)CC(=O)N2CCNCC2)cc1.Cl. The molecule has 1 amide bonds. The number of carbonyl (C=O) groups excluding carboxylic acids is 1. The van der Waals surface area contributed by atoms with Gasteiger partial charge in [-0.3, -0.25) is 4.79 Å². The van der Waals surface area contributed by atoms with E-state index in [2.05, 4.69) is 10.0 Å². The summed E-state index contributed by atoms with van der Waals surface area (Å²) in [5.41, 5.74) is 0. The molecule has 0 unspecified atom stereocenters. The van der Waals surface area contributed by atoms with Crippen molar-refractivity contribution in [3.05, 3.63) is 24.3 Å². The highest BCUT2D eigenvalue weighted by molar-refractivity contribution is 7.89. The molecule has 1 aromatic rings. The van der Waals surface area contributed by atoms with Gasteiger partial charge in [0.1, 0.15) is 0 Å². The minimum absolute atomic E-state index is 0. The average Bonchev–Trinajstić information content (AvgIpc) is 2.62. The lowest BCUT2D eigenvalue weighted by molar-refractivity contribution is -0.131. The highest BCUT2D eigenvalue weighted by Crippen LogP contribution is 2.17. The number of amides is 1. The summed E-state index contributed by atoms with van der Waals surface area (Å²) in [6.45, 7) is 2.19. The van der Waals surface area contributed by atoms with Gasteiger partial charge in [-0.2, -0.15) is 4.31 Å². The van der Waals surface area contributed by atoms with Crippen LogP contribution in [0, 0.1) is 0 Å². The summed E-state index contributed by atoms with van der Waals surface area (Å²) in [5.74, 6) is -0.262. The number of piperazine rings is 1. The molecule has 0 aromatic heterocycles. The van der Waals surface area contributed by atoms with Crippen molar-refractivity contribution in [2.45, 2.75) is 9.79 Å². The van der Waals surface area contributed by atoms with Crippen LogP contribution in [0.3, 0.4) is 0 Å². The lowest BCUT2D eigenvalue weighted by atomic mass is 10.3. The molecule has 1 saturated heterocycles. The van der Waals surface area contributed by atoms with Crippen molar-refractivity contribution in [2.75, 3.05) is 46.8 Å². The third-order valence-electron chi connectivity index (χ3n) is 3.94. The Bertz CT molecular complexity index is 821. The molecule has 9 nitrogen and oxygen atoms in total. The highest BCUT2D eigenvalue weighted by atomic mass is 35.5. The monoisotopic (exact) mass is 426 g/mol. The van der Waals surface area contributed by atoms with Crippen molar-refractivity contribution in [1.29, 1.82) is 0 Å². The van der Waals surface area contributed by atoms with Gasteiger partial charge in [-0.15, -0.1) is 12.4 Å². The molecule has 0 bridgehead atoms. The molecule has 1 fully saturated rings. The molecule has 26 heavy (non-hydrogen) atoms. The van der Waals surface area contributed by atoms with E-state index >= 15 is 0 Å². The fraction of sp³-hybridized carbons (Fsp3) is 0.500. The number of nitrogens with one attached hydrogen (secondary N) is 2. The van der Waals surface area contributed by atoms with Gasteiger partial charge in [0.05, 0.1) is 16.3 Å². The first-order valence-corrected chi connectivity index (χ1v) is 10.6. The molecule has 0 aliphatic carbocycles. The molecule has 1 aromatic carbocycles. The van der Waals surface area contributed by atoms with Gasteiger partial charge in [-0.1, -0.05) is 0 Å². The molecule has 2 rings (SSSR count). The van der Waals surface area contributed by atoms with Gasteiger partial charge in [-0.05, 0) is 31.3 Å². The fourth-order valence-corrected chi connectivity index (χ4v) is 4.23. The highest BCUT2D eigenvalue weighted by Gasteiger charge is 2.26. The molecule has 12 heteroatoms. The van der Waals surface area contributed by atoms with E-state index in [1.54, 1.807) is 4.90 Å². The molecule has 148 valence electrons. The van der Waals surface area contributed by atoms with Crippen molar-refractivity contribution in [1.82, 2.24) is 19.2 Å². The van der Waals surface area contributed by atoms with Crippen LogP contribution in [0.15, 0.2) is 34.1 Å². The number of hydrogen-bond donors (Lipinski definition) is 2. The maximum absolute atomic E-state index is 12.6. The van der Waals surface area contributed by atoms with E-state index < -0.39 is 20.0 Å². The molecule has 0 atom stereocenters. The Labute approximate surface area is 160 Å². The molecule has 1 aliphatic rings. The summed E-state index contributed by atoms with van der Waals surface area (Å²) in [6, 6.07) is 4.85. The van der Waals surface area contributed by atoms with E-state index in [-0.39, 0.29) is 34.6 Å². The summed E-state index contributed by atoms with van der Waals surface area (Å²) < 4.78 is 51.6. The molecule has 1 heterocycles. The van der Waals surface area contributed by atoms with Crippen molar-refractivity contribution < 1.29 is 21.6 Å². The summed E-state index contributed by atoms with van der Waals surface area (Å²) in [7, 11) is -4.93. The number of rotatable bonds is 6. The Hall–Kier alpha value is -1.24. The van der Waals surface area contributed by atoms with Crippen LogP contribution in [0.25, 0.3) is 0 Å². The van der Waals surface area contributed by atoms with Gasteiger partial charge in [0.25, 0.3) is 0 Å². The smallest absolute Gasteiger partial charge is 0.243 e. The van der Waals surface area contributed by atoms with E-state index in [1.165, 1.54) is 38.4 Å². The Morgan fingerprint density at radius 3 is 2.12 bits per heavy atom. The minimum Gasteiger partial charge on any atom is -0.339 e. The first-order valence-electron chi connectivity index (χ1n) is 7.67. The summed E-state index contributed by atoms with van der Waals surface area (Å²) in [6.07, 6.45) is 0. The lowest BCUT2D eigenvalue weighted by Gasteiger charge is -2.29. The Kier molecular flexibility index (Phi) is 7.99. The minimum atomic E-state index is -3.89. The van der Waals surface area contributed by atoms with Crippen LogP contribution in [-0.2, 0) is 24.8 Å². The second kappa shape index (κ2) is 9.11. The van der Waals surface area contributed by atoms with E-state index in [1.807, 2.05) is 0 Å². The first-order chi connectivity index (χ1) is 11.7. The maximum atomic E-state index is 12.6. The molecular weight excluding hydrogens is 404 g/mol. The summed E-state index contributed by atoms with van der Waals surface area (Å²) in [5, 5.41) is 3.12. The van der Waals surface area contributed by atoms with E-state index in [0.717, 1.165) is 4.31 Å². The summed E-state index contributed by atoms with van der Waals surface area (Å²) in [4.78, 5) is 13.7. The van der Waals surface area contributed by atoms with Crippen LogP contribution in [0.5, 0.6) is 0 Å². The van der Waals surface area contributed by atoms with Gasteiger partial charge in [-0.25, -0.2) is 21.6 Å². The van der Waals surface area contributed by atoms with Crippen molar-refractivity contribution in [2.24, 2.45) is 0 Å². The molecule has 0 saturated carbocycles. The van der Waals surface area contributed by atoms with Crippen LogP contribution in [0.2, 0.25) is 0 Å². The number of nitrogens with zero attached hydrogens (tertiary/aromatic N) is 2. The van der Waals surface area contributed by atoms with Gasteiger partial charge < -0.3 is 10.2 Å². The lowest BCUT2D eigenvalue weighted by Crippen LogP contribution is -2.49. The third-order valence-corrected chi connectivity index (χ3v) is 7.19. The third kappa shape index (κ3) is 5.15. The number of likely N-dealkylation sites (N-methyl/N-ethyl adjacent to an activating group) is 1. The van der Waals surface area contributed by atoms with Crippen LogP contribution >= 0.6 is 12.4 Å². The van der Waals surface area contributed by atoms with Gasteiger partial charge in [0.2, 0.25) is 26.0 Å². The zero-order valence-corrected chi connectivity index (χ0v) is 17.0. The van der Waals surface area contributed by atoms with Crippen LogP contribution in [0.1, 0.15) is 0 Å². The van der Waals surface area contributed by atoms with E-state index in [4.69, 9.17) is 0 Å². The first kappa shape index (κ1) is 22.8. The maximum Gasteiger partial charge on any atom is 0.243 e. The van der Waals surface area contributed by atoms with Crippen molar-refractivity contribution in [3.63, 3.8) is 0 Å². The number of halogens is 1. The van der Waals surface area contributed by atoms with E-state index in [0.29, 0.717) is 26.2 Å². The Balaban J connectivity index is 0.00000338. The summed E-state index contributed by atoms with van der Waals surface area (Å²) >= 11 is 0. The van der Waals surface area contributed by atoms with Gasteiger partial charge >= 0.3 is 0 Å². The van der Waals surface area contributed by atoms with Crippen LogP contribution < -0.4 is 10.0 Å². The number of hydrogen-bond acceptors (Lipinski definition) is 6. The Morgan fingerprint density at radius 2 is 1.62 bits per heavy atom. The second-order valence-electron chi connectivity index (χ2n) is 5.57. The van der Waals surface area contributed by atoms with E-state index in [9.17, 15) is 21.6 Å². The zero-order chi connectivity index (χ0) is 18.7. The predicted octanol–water partition coefficient (Wildman–Crippen LogP) is -0.931. The van der Waals surface area contributed by atoms with Crippen molar-refractivity contribution in [3.8, 4) is 0 Å². The molecule has 0 spiro atoms. The topological polar surface area (TPSA) is 116 Å².